The van der Waals surface area contributed by atoms with Crippen LogP contribution in [0, 0.1) is 0 Å². The van der Waals surface area contributed by atoms with Crippen molar-refractivity contribution >= 4 is 43.1 Å². The predicted molar refractivity (Wildman–Crippen MR) is 144 cm³/mol. The number of rotatable bonds is 12. The van der Waals surface area contributed by atoms with Crippen molar-refractivity contribution in [2.24, 2.45) is 0 Å². The molecule has 1 aliphatic carbocycles. The summed E-state index contributed by atoms with van der Waals surface area (Å²) in [7, 11) is -4.30. The number of nitrogens with zero attached hydrogens (tertiary/aromatic N) is 3. The molecule has 3 aliphatic rings. The topological polar surface area (TPSA) is 182 Å². The summed E-state index contributed by atoms with van der Waals surface area (Å²) in [5.41, 5.74) is 0.703. The van der Waals surface area contributed by atoms with Gasteiger partial charge in [0.25, 0.3) is 0 Å². The van der Waals surface area contributed by atoms with Gasteiger partial charge in [-0.25, -0.2) is 9.78 Å². The zero-order chi connectivity index (χ0) is 28.9. The molecule has 1 aromatic heterocycles. The van der Waals surface area contributed by atoms with E-state index in [2.05, 4.69) is 29.3 Å². The van der Waals surface area contributed by atoms with E-state index in [0.29, 0.717) is 23.6 Å². The molecular weight excluding hydrogens is 571 g/mol. The Hall–Kier alpha value is -2.03. The van der Waals surface area contributed by atoms with Crippen molar-refractivity contribution in [1.82, 2.24) is 9.97 Å². The minimum Gasteiger partial charge on any atom is -0.435 e. The number of aliphatic hydroxyl groups is 2. The number of fused-ring (bicyclic) bond motifs is 1. The maximum atomic E-state index is 12.2. The van der Waals surface area contributed by atoms with Crippen molar-refractivity contribution in [3.8, 4) is 0 Å². The van der Waals surface area contributed by atoms with Crippen LogP contribution in [0.3, 0.4) is 0 Å². The number of ether oxygens (including phenoxy) is 4. The molecule has 3 heterocycles. The van der Waals surface area contributed by atoms with E-state index in [9.17, 15) is 24.5 Å². The van der Waals surface area contributed by atoms with Gasteiger partial charge in [-0.2, -0.15) is 4.98 Å². The summed E-state index contributed by atoms with van der Waals surface area (Å²) < 4.78 is 37.2. The normalized spacial score (nSPS) is 27.9. The summed E-state index contributed by atoms with van der Waals surface area (Å²) in [6.07, 6.45) is 2.31. The van der Waals surface area contributed by atoms with Crippen molar-refractivity contribution < 1.29 is 47.9 Å². The van der Waals surface area contributed by atoms with E-state index in [1.165, 1.54) is 0 Å². The lowest BCUT2D eigenvalue weighted by Crippen LogP contribution is -2.50. The number of carbonyl (C=O) groups is 1. The molecule has 2 fully saturated rings. The molecule has 0 amide bonds. The van der Waals surface area contributed by atoms with Gasteiger partial charge in [-0.1, -0.05) is 25.8 Å². The van der Waals surface area contributed by atoms with E-state index in [4.69, 9.17) is 21.1 Å². The molecule has 1 aromatic rings. The highest BCUT2D eigenvalue weighted by molar-refractivity contribution is 7.52. The molecular formula is C24H36ClN4O10P. The summed E-state index contributed by atoms with van der Waals surface area (Å²) in [4.78, 5) is 31.7. The zero-order valence-electron chi connectivity index (χ0n) is 22.3. The van der Waals surface area contributed by atoms with Gasteiger partial charge in [-0.15, -0.1) is 0 Å². The summed E-state index contributed by atoms with van der Waals surface area (Å²) >= 11 is 6.32. The van der Waals surface area contributed by atoms with Crippen LogP contribution in [-0.4, -0.2) is 94.2 Å². The van der Waals surface area contributed by atoms with Crippen molar-refractivity contribution in [1.29, 1.82) is 0 Å². The molecule has 16 heteroatoms. The third-order valence-corrected chi connectivity index (χ3v) is 8.13. The maximum Gasteiger partial charge on any atom is 0.510 e. The molecule has 1 saturated carbocycles. The number of hydrogen-bond donors (Lipinski definition) is 4. The molecule has 14 nitrogen and oxygen atoms in total. The second-order valence-electron chi connectivity index (χ2n) is 9.70. The Morgan fingerprint density at radius 3 is 2.67 bits per heavy atom. The van der Waals surface area contributed by atoms with E-state index >= 15 is 0 Å². The average molecular weight is 607 g/mol. The fourth-order valence-electron chi connectivity index (χ4n) is 4.99. The monoisotopic (exact) mass is 606 g/mol. The molecule has 2 unspecified atom stereocenters. The van der Waals surface area contributed by atoms with Crippen LogP contribution >= 0.6 is 19.2 Å². The first kappa shape index (κ1) is 30.9. The smallest absolute Gasteiger partial charge is 0.435 e. The highest BCUT2D eigenvalue weighted by Gasteiger charge is 2.48. The van der Waals surface area contributed by atoms with Gasteiger partial charge in [0.15, 0.2) is 6.23 Å². The molecule has 0 aromatic carbocycles. The third-order valence-electron chi connectivity index (χ3n) is 6.94. The number of anilines is 2. The van der Waals surface area contributed by atoms with E-state index in [0.717, 1.165) is 25.7 Å². The van der Waals surface area contributed by atoms with E-state index in [1.807, 2.05) is 19.1 Å². The highest BCUT2D eigenvalue weighted by atomic mass is 35.5. The van der Waals surface area contributed by atoms with Gasteiger partial charge in [0.2, 0.25) is 12.1 Å². The lowest BCUT2D eigenvalue weighted by molar-refractivity contribution is -0.0424. The van der Waals surface area contributed by atoms with Crippen LogP contribution in [0.25, 0.3) is 6.08 Å². The molecule has 40 heavy (non-hydrogen) atoms. The molecule has 1 saturated heterocycles. The number of halogens is 1. The molecule has 4 N–H and O–H groups in total. The lowest BCUT2D eigenvalue weighted by atomic mass is 10.0. The largest absolute Gasteiger partial charge is 0.510 e. The molecule has 0 radical (unpaired) electrons. The van der Waals surface area contributed by atoms with Crippen LogP contribution in [0.1, 0.15) is 51.5 Å². The van der Waals surface area contributed by atoms with Crippen molar-refractivity contribution in [3.05, 3.63) is 16.9 Å². The van der Waals surface area contributed by atoms with Gasteiger partial charge >= 0.3 is 13.8 Å². The number of carbonyl (C=O) groups excluding carboxylic acids is 1. The SMILES string of the molecule is CCOC(=O)OCOP(=O)(O)COC[C@H]1O[C@@H](N2c3nc(Cl)nc(NC4CCCC4)c3C=CC2CC)[C@H](O)[C@@H]1O. The Morgan fingerprint density at radius 1 is 1.23 bits per heavy atom. The lowest BCUT2D eigenvalue weighted by Gasteiger charge is -2.39. The van der Waals surface area contributed by atoms with Crippen LogP contribution in [0.4, 0.5) is 16.4 Å². The van der Waals surface area contributed by atoms with E-state index in [1.54, 1.807) is 11.8 Å². The Bertz CT molecular complexity index is 1110. The fourth-order valence-corrected chi connectivity index (χ4v) is 5.78. The predicted octanol–water partition coefficient (Wildman–Crippen LogP) is 2.85. The molecule has 6 atom stereocenters. The first-order valence-corrected chi connectivity index (χ1v) is 15.4. The highest BCUT2D eigenvalue weighted by Crippen LogP contribution is 2.42. The Labute approximate surface area is 237 Å². The molecule has 2 aliphatic heterocycles. The Kier molecular flexibility index (Phi) is 10.6. The number of aromatic nitrogens is 2. The van der Waals surface area contributed by atoms with Crippen LogP contribution in [0.2, 0.25) is 5.28 Å². The van der Waals surface area contributed by atoms with Gasteiger partial charge < -0.3 is 44.3 Å². The first-order valence-electron chi connectivity index (χ1n) is 13.3. The first-order chi connectivity index (χ1) is 19.1. The number of nitrogens with one attached hydrogen (secondary N) is 1. The maximum absolute atomic E-state index is 12.2. The standard InChI is InChI=1S/C24H36ClN4O10P/c1-3-15-9-10-16-20(26-14-7-5-6-8-14)27-23(25)28-21(16)29(15)22-19(31)18(30)17(39-22)11-35-13-40(33,34)38-12-37-24(32)36-4-2/h9-10,14-15,17-19,22,30-31H,3-8,11-13H2,1-2H3,(H,33,34)(H,26,27,28)/t15?,17-,18-,19-,22-/m1/s1. The van der Waals surface area contributed by atoms with Crippen LogP contribution in [0.15, 0.2) is 6.08 Å². The quantitative estimate of drug-likeness (QED) is 0.118. The zero-order valence-corrected chi connectivity index (χ0v) is 24.0. The summed E-state index contributed by atoms with van der Waals surface area (Å²) in [6.45, 7) is 2.49. The average Bonchev–Trinajstić information content (AvgIpc) is 3.51. The van der Waals surface area contributed by atoms with Gasteiger partial charge in [-0.3, -0.25) is 9.09 Å². The number of aliphatic hydroxyl groups excluding tert-OH is 2. The van der Waals surface area contributed by atoms with Crippen LogP contribution in [0.5, 0.6) is 0 Å². The summed E-state index contributed by atoms with van der Waals surface area (Å²) in [5, 5.41) is 25.2. The van der Waals surface area contributed by atoms with Gasteiger partial charge in [0.1, 0.15) is 36.3 Å². The van der Waals surface area contributed by atoms with Crippen molar-refractivity contribution in [2.75, 3.05) is 36.6 Å². The fraction of sp³-hybridized carbons (Fsp3) is 0.708. The van der Waals surface area contributed by atoms with Gasteiger partial charge in [-0.05, 0) is 43.9 Å². The second-order valence-corrected chi connectivity index (χ2v) is 11.8. The molecule has 0 spiro atoms. The van der Waals surface area contributed by atoms with E-state index < -0.39 is 51.4 Å². The number of hydrogen-bond acceptors (Lipinski definition) is 13. The molecule has 224 valence electrons. The second kappa shape index (κ2) is 13.8. The van der Waals surface area contributed by atoms with Crippen molar-refractivity contribution in [2.45, 2.75) is 82.6 Å². The van der Waals surface area contributed by atoms with Gasteiger partial charge in [0.05, 0.1) is 24.8 Å². The van der Waals surface area contributed by atoms with Gasteiger partial charge in [0, 0.05) is 6.04 Å². The summed E-state index contributed by atoms with van der Waals surface area (Å²) in [6, 6.07) is 0.0514. The van der Waals surface area contributed by atoms with Crippen molar-refractivity contribution in [3.63, 3.8) is 0 Å². The van der Waals surface area contributed by atoms with Crippen LogP contribution in [-0.2, 0) is 28.0 Å². The molecule has 4 rings (SSSR count). The minimum absolute atomic E-state index is 0.0351. The molecule has 0 bridgehead atoms. The Morgan fingerprint density at radius 2 is 1.98 bits per heavy atom. The third kappa shape index (κ3) is 7.42. The van der Waals surface area contributed by atoms with E-state index in [-0.39, 0.29) is 30.6 Å². The summed E-state index contributed by atoms with van der Waals surface area (Å²) in [5.74, 6) is 1.05. The Balaban J connectivity index is 1.42. The minimum atomic E-state index is -4.30. The van der Waals surface area contributed by atoms with Crippen LogP contribution < -0.4 is 10.2 Å².